The zero-order chi connectivity index (χ0) is 15.5. The minimum absolute atomic E-state index is 0.0184. The molecule has 4 N–H and O–H groups in total. The molecule has 112 valence electrons. The molecule has 0 aliphatic carbocycles. The summed E-state index contributed by atoms with van der Waals surface area (Å²) >= 11 is 0. The lowest BCUT2D eigenvalue weighted by atomic mass is 10.0. The fourth-order valence-corrected chi connectivity index (χ4v) is 1.98. The highest BCUT2D eigenvalue weighted by atomic mass is 32.2. The van der Waals surface area contributed by atoms with Crippen molar-refractivity contribution in [3.63, 3.8) is 0 Å². The number of hydrogen-bond donors (Lipinski definition) is 3. The van der Waals surface area contributed by atoms with E-state index >= 15 is 0 Å². The first-order valence-corrected chi connectivity index (χ1v) is 7.08. The molecule has 0 saturated carbocycles. The van der Waals surface area contributed by atoms with Crippen LogP contribution in [0.1, 0.15) is 18.6 Å². The number of benzene rings is 1. The smallest absolute Gasteiger partial charge is 0.338 e. The van der Waals surface area contributed by atoms with Crippen LogP contribution in [0.5, 0.6) is 0 Å². The summed E-state index contributed by atoms with van der Waals surface area (Å²) in [4.78, 5) is 10.7. The minimum Gasteiger partial charge on any atom is -0.464 e. The number of aliphatic hydroxyl groups excluding tert-OH is 2. The number of carbonyl (C=O) groups excluding carboxylic acids is 1. The van der Waals surface area contributed by atoms with E-state index in [-0.39, 0.29) is 6.61 Å². The monoisotopic (exact) mass is 307 g/mol. The molecule has 0 radical (unpaired) electrons. The predicted molar refractivity (Wildman–Crippen MR) is 65.4 cm³/mol. The third-order valence-electron chi connectivity index (χ3n) is 2.45. The van der Waals surface area contributed by atoms with Gasteiger partial charge in [-0.2, -0.15) is 0 Å². The van der Waals surface area contributed by atoms with E-state index in [1.807, 2.05) is 0 Å². The van der Waals surface area contributed by atoms with Crippen LogP contribution >= 0.6 is 0 Å². The predicted octanol–water partition coefficient (Wildman–Crippen LogP) is -0.569. The number of ether oxygens (including phenoxy) is 1. The summed E-state index contributed by atoms with van der Waals surface area (Å²) in [5, 5.41) is 24.0. The summed E-state index contributed by atoms with van der Waals surface area (Å²) in [6.45, 7) is 1.48. The van der Waals surface area contributed by atoms with Gasteiger partial charge in [0.15, 0.2) is 6.10 Å². The van der Waals surface area contributed by atoms with E-state index in [9.17, 15) is 27.8 Å². The lowest BCUT2D eigenvalue weighted by Gasteiger charge is -2.17. The standard InChI is InChI=1S/C11H14FNO6S/c1-2-19-11(16)10(15)9(14)7-4-3-6(5-8(7)12)20(13,17)18/h3-5,9-10,14-15H,2H2,1H3,(H2,13,17,18). The number of primary sulfonamides is 1. The Bertz CT molecular complexity index is 603. The molecule has 0 amide bonds. The van der Waals surface area contributed by atoms with E-state index in [1.165, 1.54) is 6.92 Å². The summed E-state index contributed by atoms with van der Waals surface area (Å²) in [6, 6.07) is 2.46. The van der Waals surface area contributed by atoms with Gasteiger partial charge >= 0.3 is 5.97 Å². The van der Waals surface area contributed by atoms with E-state index < -0.39 is 44.5 Å². The largest absolute Gasteiger partial charge is 0.464 e. The van der Waals surface area contributed by atoms with Crippen LogP contribution in [-0.2, 0) is 19.6 Å². The Hall–Kier alpha value is -1.55. The Morgan fingerprint density at radius 2 is 2.05 bits per heavy atom. The van der Waals surface area contributed by atoms with Crippen molar-refractivity contribution in [2.45, 2.75) is 24.0 Å². The van der Waals surface area contributed by atoms with Gasteiger partial charge < -0.3 is 14.9 Å². The Balaban J connectivity index is 3.06. The van der Waals surface area contributed by atoms with Crippen LogP contribution in [0, 0.1) is 5.82 Å². The fourth-order valence-electron chi connectivity index (χ4n) is 1.45. The van der Waals surface area contributed by atoms with Gasteiger partial charge in [0, 0.05) is 5.56 Å². The molecule has 0 fully saturated rings. The van der Waals surface area contributed by atoms with E-state index in [2.05, 4.69) is 4.74 Å². The number of nitrogens with two attached hydrogens (primary N) is 1. The molecule has 0 saturated heterocycles. The molecule has 0 spiro atoms. The highest BCUT2D eigenvalue weighted by Gasteiger charge is 2.29. The molecule has 1 aromatic carbocycles. The number of rotatable bonds is 5. The van der Waals surface area contributed by atoms with Gasteiger partial charge in [-0.15, -0.1) is 0 Å². The first-order valence-electron chi connectivity index (χ1n) is 5.53. The number of esters is 1. The van der Waals surface area contributed by atoms with Crippen LogP contribution in [0.2, 0.25) is 0 Å². The van der Waals surface area contributed by atoms with Crippen molar-refractivity contribution in [1.29, 1.82) is 0 Å². The number of hydrogen-bond acceptors (Lipinski definition) is 6. The Labute approximate surface area is 114 Å². The van der Waals surface area contributed by atoms with Gasteiger partial charge in [-0.3, -0.25) is 0 Å². The van der Waals surface area contributed by atoms with Crippen molar-refractivity contribution in [3.05, 3.63) is 29.6 Å². The van der Waals surface area contributed by atoms with Crippen molar-refractivity contribution in [2.24, 2.45) is 5.14 Å². The molecule has 0 heterocycles. The highest BCUT2D eigenvalue weighted by Crippen LogP contribution is 2.23. The summed E-state index contributed by atoms with van der Waals surface area (Å²) in [5.74, 6) is -2.23. The van der Waals surface area contributed by atoms with Gasteiger partial charge in [0.2, 0.25) is 10.0 Å². The molecule has 0 aliphatic rings. The quantitative estimate of drug-likeness (QED) is 0.625. The van der Waals surface area contributed by atoms with E-state index in [0.717, 1.165) is 12.1 Å². The third-order valence-corrected chi connectivity index (χ3v) is 3.36. The average Bonchev–Trinajstić information content (AvgIpc) is 2.36. The molecule has 9 heteroatoms. The summed E-state index contributed by atoms with van der Waals surface area (Å²) in [5.41, 5.74) is -0.446. The molecule has 0 bridgehead atoms. The Morgan fingerprint density at radius 1 is 1.45 bits per heavy atom. The molecular weight excluding hydrogens is 293 g/mol. The summed E-state index contributed by atoms with van der Waals surface area (Å²) < 4.78 is 40.2. The van der Waals surface area contributed by atoms with Crippen molar-refractivity contribution in [3.8, 4) is 0 Å². The lowest BCUT2D eigenvalue weighted by Crippen LogP contribution is -2.30. The molecule has 0 aliphatic heterocycles. The minimum atomic E-state index is -4.09. The van der Waals surface area contributed by atoms with Gasteiger partial charge in [-0.05, 0) is 19.1 Å². The number of sulfonamides is 1. The topological polar surface area (TPSA) is 127 Å². The zero-order valence-electron chi connectivity index (χ0n) is 10.5. The molecule has 2 unspecified atom stereocenters. The molecule has 7 nitrogen and oxygen atoms in total. The van der Waals surface area contributed by atoms with Crippen LogP contribution in [0.3, 0.4) is 0 Å². The normalized spacial score (nSPS) is 14.7. The van der Waals surface area contributed by atoms with Crippen LogP contribution in [0.4, 0.5) is 4.39 Å². The molecular formula is C11H14FNO6S. The van der Waals surface area contributed by atoms with Crippen molar-refractivity contribution < 1.29 is 32.6 Å². The van der Waals surface area contributed by atoms with Gasteiger partial charge in [0.1, 0.15) is 11.9 Å². The van der Waals surface area contributed by atoms with E-state index in [4.69, 9.17) is 5.14 Å². The van der Waals surface area contributed by atoms with Crippen molar-refractivity contribution in [1.82, 2.24) is 0 Å². The summed E-state index contributed by atoms with van der Waals surface area (Å²) in [6.07, 6.45) is -3.87. The number of halogens is 1. The molecule has 1 aromatic rings. The third kappa shape index (κ3) is 3.73. The average molecular weight is 307 g/mol. The first kappa shape index (κ1) is 16.5. The lowest BCUT2D eigenvalue weighted by molar-refractivity contribution is -0.159. The second-order valence-electron chi connectivity index (χ2n) is 3.87. The first-order chi connectivity index (χ1) is 9.18. The number of carbonyl (C=O) groups is 1. The van der Waals surface area contributed by atoms with Crippen LogP contribution in [-0.4, -0.2) is 37.3 Å². The van der Waals surface area contributed by atoms with Crippen LogP contribution < -0.4 is 5.14 Å². The molecule has 1 rings (SSSR count). The summed E-state index contributed by atoms with van der Waals surface area (Å²) in [7, 11) is -4.09. The van der Waals surface area contributed by atoms with Gasteiger partial charge in [-0.1, -0.05) is 6.07 Å². The second-order valence-corrected chi connectivity index (χ2v) is 5.43. The van der Waals surface area contributed by atoms with E-state index in [1.54, 1.807) is 0 Å². The van der Waals surface area contributed by atoms with E-state index in [0.29, 0.717) is 6.07 Å². The van der Waals surface area contributed by atoms with Gasteiger partial charge in [-0.25, -0.2) is 22.7 Å². The maximum atomic E-state index is 13.7. The van der Waals surface area contributed by atoms with Gasteiger partial charge in [0.25, 0.3) is 0 Å². The highest BCUT2D eigenvalue weighted by molar-refractivity contribution is 7.89. The van der Waals surface area contributed by atoms with Crippen LogP contribution in [0.25, 0.3) is 0 Å². The second kappa shape index (κ2) is 6.27. The fraction of sp³-hybridized carbons (Fsp3) is 0.364. The maximum Gasteiger partial charge on any atom is 0.338 e. The van der Waals surface area contributed by atoms with Gasteiger partial charge in [0.05, 0.1) is 11.5 Å². The Kier molecular flexibility index (Phi) is 5.17. The zero-order valence-corrected chi connectivity index (χ0v) is 11.3. The molecule has 20 heavy (non-hydrogen) atoms. The maximum absolute atomic E-state index is 13.7. The number of aliphatic hydroxyl groups is 2. The van der Waals surface area contributed by atoms with Crippen molar-refractivity contribution in [2.75, 3.05) is 6.61 Å². The van der Waals surface area contributed by atoms with Crippen LogP contribution in [0.15, 0.2) is 23.1 Å². The Morgan fingerprint density at radius 3 is 2.50 bits per heavy atom. The SMILES string of the molecule is CCOC(=O)C(O)C(O)c1ccc(S(N)(=O)=O)cc1F. The van der Waals surface area contributed by atoms with Crippen molar-refractivity contribution >= 4 is 16.0 Å². The molecule has 0 aromatic heterocycles. The molecule has 2 atom stereocenters.